The minimum Gasteiger partial charge on any atom is -0.476 e. The van der Waals surface area contributed by atoms with E-state index in [4.69, 9.17) is 5.11 Å². The van der Waals surface area contributed by atoms with Gasteiger partial charge in [-0.2, -0.15) is 0 Å². The number of fused-ring (bicyclic) bond motifs is 1. The largest absolute Gasteiger partial charge is 0.476 e. The van der Waals surface area contributed by atoms with Gasteiger partial charge in [0.25, 0.3) is 0 Å². The van der Waals surface area contributed by atoms with Crippen molar-refractivity contribution in [1.29, 1.82) is 0 Å². The normalized spacial score (nSPS) is 10.8. The number of rotatable bonds is 5. The van der Waals surface area contributed by atoms with Gasteiger partial charge in [0, 0.05) is 6.54 Å². The molecular weight excluding hydrogens is 300 g/mol. The average Bonchev–Trinajstić information content (AvgIpc) is 2.67. The van der Waals surface area contributed by atoms with Crippen molar-refractivity contribution < 1.29 is 9.90 Å². The number of hydrogen-bond acceptors (Lipinski definition) is 4. The van der Waals surface area contributed by atoms with E-state index < -0.39 is 5.97 Å². The molecule has 96 valence electrons. The Morgan fingerprint density at radius 3 is 3.00 bits per heavy atom. The molecule has 0 fully saturated rings. The smallest absolute Gasteiger partial charge is 0.357 e. The highest BCUT2D eigenvalue weighted by Crippen LogP contribution is 2.19. The summed E-state index contributed by atoms with van der Waals surface area (Å²) in [6.07, 6.45) is 2.17. The fourth-order valence-corrected chi connectivity index (χ4v) is 2.05. The van der Waals surface area contributed by atoms with E-state index in [1.165, 1.54) is 4.52 Å². The highest BCUT2D eigenvalue weighted by molar-refractivity contribution is 9.10. The summed E-state index contributed by atoms with van der Waals surface area (Å²) < 4.78 is 1.82. The quantitative estimate of drug-likeness (QED) is 0.829. The molecule has 0 amide bonds. The Labute approximate surface area is 112 Å². The summed E-state index contributed by atoms with van der Waals surface area (Å²) in [7, 11) is 0. The van der Waals surface area contributed by atoms with Crippen molar-refractivity contribution >= 4 is 33.4 Å². The Kier molecular flexibility index (Phi) is 3.81. The van der Waals surface area contributed by atoms with Gasteiger partial charge >= 0.3 is 5.97 Å². The van der Waals surface area contributed by atoms with Gasteiger partial charge in [-0.25, -0.2) is 14.3 Å². The van der Waals surface area contributed by atoms with Crippen molar-refractivity contribution in [2.45, 2.75) is 19.8 Å². The molecule has 0 saturated carbocycles. The van der Waals surface area contributed by atoms with Crippen LogP contribution in [0.5, 0.6) is 0 Å². The van der Waals surface area contributed by atoms with Gasteiger partial charge in [0.2, 0.25) is 0 Å². The van der Waals surface area contributed by atoms with Crippen LogP contribution in [0, 0.1) is 0 Å². The summed E-state index contributed by atoms with van der Waals surface area (Å²) in [5.41, 5.74) is 0.466. The van der Waals surface area contributed by atoms with Gasteiger partial charge in [-0.15, -0.1) is 5.10 Å². The molecule has 2 rings (SSSR count). The highest BCUT2D eigenvalue weighted by atomic mass is 79.9. The van der Waals surface area contributed by atoms with Crippen molar-refractivity contribution in [1.82, 2.24) is 14.6 Å². The third-order valence-corrected chi connectivity index (χ3v) is 3.17. The van der Waals surface area contributed by atoms with Gasteiger partial charge in [-0.05, 0) is 34.5 Å². The lowest BCUT2D eigenvalue weighted by Gasteiger charge is -2.04. The van der Waals surface area contributed by atoms with E-state index in [0.29, 0.717) is 16.1 Å². The van der Waals surface area contributed by atoms with E-state index in [2.05, 4.69) is 38.3 Å². The summed E-state index contributed by atoms with van der Waals surface area (Å²) in [5, 5.41) is 16.4. The third kappa shape index (κ3) is 2.45. The first-order valence-corrected chi connectivity index (χ1v) is 6.45. The number of carbonyl (C=O) groups is 1. The molecule has 2 heterocycles. The Bertz CT molecular complexity index is 582. The number of nitrogens with one attached hydrogen (secondary N) is 1. The van der Waals surface area contributed by atoms with E-state index in [1.807, 2.05) is 0 Å². The van der Waals surface area contributed by atoms with Crippen molar-refractivity contribution in [2.24, 2.45) is 0 Å². The predicted molar refractivity (Wildman–Crippen MR) is 71.0 cm³/mol. The predicted octanol–water partition coefficient (Wildman–Crippen LogP) is 2.40. The van der Waals surface area contributed by atoms with Crippen LogP contribution in [0.2, 0.25) is 0 Å². The van der Waals surface area contributed by atoms with Crippen LogP contribution in [0.25, 0.3) is 5.65 Å². The molecule has 7 heteroatoms. The Morgan fingerprint density at radius 1 is 1.56 bits per heavy atom. The number of nitrogens with zero attached hydrogens (tertiary/aromatic N) is 3. The molecule has 0 atom stereocenters. The Hall–Kier alpha value is -1.63. The number of imidazole rings is 1. The minimum atomic E-state index is -1.08. The molecule has 0 aliphatic heterocycles. The number of unbranched alkanes of at least 4 members (excludes halogenated alkanes) is 1. The summed E-state index contributed by atoms with van der Waals surface area (Å²) >= 11 is 3.20. The second-order valence-electron chi connectivity index (χ2n) is 3.83. The highest BCUT2D eigenvalue weighted by Gasteiger charge is 2.16. The molecular formula is C11H13BrN4O2. The molecule has 2 aromatic rings. The third-order valence-electron chi connectivity index (χ3n) is 2.46. The van der Waals surface area contributed by atoms with Crippen LogP contribution in [-0.2, 0) is 0 Å². The maximum atomic E-state index is 10.9. The van der Waals surface area contributed by atoms with Gasteiger partial charge < -0.3 is 10.4 Å². The molecule has 2 aromatic heterocycles. The summed E-state index contributed by atoms with van der Waals surface area (Å²) in [6, 6.07) is 3.52. The first-order chi connectivity index (χ1) is 8.63. The lowest BCUT2D eigenvalue weighted by Crippen LogP contribution is -2.05. The molecule has 0 radical (unpaired) electrons. The second kappa shape index (κ2) is 5.34. The molecule has 0 unspecified atom stereocenters. The van der Waals surface area contributed by atoms with Crippen molar-refractivity contribution in [2.75, 3.05) is 11.9 Å². The van der Waals surface area contributed by atoms with Gasteiger partial charge in [-0.1, -0.05) is 13.3 Å². The van der Waals surface area contributed by atoms with Crippen LogP contribution in [-0.4, -0.2) is 32.2 Å². The molecule has 18 heavy (non-hydrogen) atoms. The van der Waals surface area contributed by atoms with Gasteiger partial charge in [0.1, 0.15) is 10.4 Å². The molecule has 0 spiro atoms. The fourth-order valence-electron chi connectivity index (χ4n) is 1.53. The molecule has 0 saturated heterocycles. The van der Waals surface area contributed by atoms with E-state index in [9.17, 15) is 4.79 Å². The monoisotopic (exact) mass is 312 g/mol. The average molecular weight is 313 g/mol. The van der Waals surface area contributed by atoms with Gasteiger partial charge in [-0.3, -0.25) is 0 Å². The maximum Gasteiger partial charge on any atom is 0.357 e. The molecule has 2 N–H and O–H groups in total. The fraction of sp³-hybridized carbons (Fsp3) is 0.364. The SMILES string of the molecule is CCCCNc1ccc2nc(C(=O)O)c(Br)n2n1. The van der Waals surface area contributed by atoms with Crippen LogP contribution >= 0.6 is 15.9 Å². The zero-order valence-corrected chi connectivity index (χ0v) is 11.4. The first-order valence-electron chi connectivity index (χ1n) is 5.66. The van der Waals surface area contributed by atoms with Crippen LogP contribution in [0.1, 0.15) is 30.3 Å². The number of carboxylic acids is 1. The van der Waals surface area contributed by atoms with Gasteiger partial charge in [0.15, 0.2) is 11.3 Å². The van der Waals surface area contributed by atoms with Crippen LogP contribution in [0.3, 0.4) is 0 Å². The van der Waals surface area contributed by atoms with E-state index in [1.54, 1.807) is 12.1 Å². The van der Waals surface area contributed by atoms with Gasteiger partial charge in [0.05, 0.1) is 0 Å². The second-order valence-corrected chi connectivity index (χ2v) is 4.58. The van der Waals surface area contributed by atoms with Crippen molar-refractivity contribution in [3.05, 3.63) is 22.4 Å². The molecule has 0 aliphatic carbocycles. The van der Waals surface area contributed by atoms with Crippen LogP contribution in [0.4, 0.5) is 5.82 Å². The summed E-state index contributed by atoms with van der Waals surface area (Å²) in [6.45, 7) is 2.96. The number of carboxylic acid groups (broad SMARTS) is 1. The van der Waals surface area contributed by atoms with E-state index >= 15 is 0 Å². The number of halogens is 1. The number of aromatic carboxylic acids is 1. The Balaban J connectivity index is 2.32. The number of hydrogen-bond donors (Lipinski definition) is 2. The van der Waals surface area contributed by atoms with Crippen LogP contribution < -0.4 is 5.32 Å². The standard InChI is InChI=1S/C11H13BrN4O2/c1-2-3-6-13-7-4-5-8-14-9(11(17)18)10(12)16(8)15-7/h4-5H,2-3,6H2,1H3,(H,13,15)(H,17,18). The lowest BCUT2D eigenvalue weighted by molar-refractivity contribution is 0.0690. The number of aromatic nitrogens is 3. The molecule has 0 aromatic carbocycles. The topological polar surface area (TPSA) is 79.5 Å². The lowest BCUT2D eigenvalue weighted by atomic mass is 10.3. The molecule has 6 nitrogen and oxygen atoms in total. The molecule has 0 bridgehead atoms. The van der Waals surface area contributed by atoms with E-state index in [0.717, 1.165) is 19.4 Å². The maximum absolute atomic E-state index is 10.9. The van der Waals surface area contributed by atoms with Crippen molar-refractivity contribution in [3.8, 4) is 0 Å². The summed E-state index contributed by atoms with van der Waals surface area (Å²) in [5.74, 6) is -0.376. The summed E-state index contributed by atoms with van der Waals surface area (Å²) in [4.78, 5) is 14.9. The van der Waals surface area contributed by atoms with Crippen LogP contribution in [0.15, 0.2) is 16.7 Å². The number of anilines is 1. The molecule has 0 aliphatic rings. The first kappa shape index (κ1) is 12.8. The Morgan fingerprint density at radius 2 is 2.33 bits per heavy atom. The van der Waals surface area contributed by atoms with E-state index in [-0.39, 0.29) is 5.69 Å². The minimum absolute atomic E-state index is 0.0341. The zero-order chi connectivity index (χ0) is 13.1. The van der Waals surface area contributed by atoms with Crippen molar-refractivity contribution in [3.63, 3.8) is 0 Å². The zero-order valence-electron chi connectivity index (χ0n) is 9.85.